The summed E-state index contributed by atoms with van der Waals surface area (Å²) in [7, 11) is -2.98. The van der Waals surface area contributed by atoms with Gasteiger partial charge in [0.15, 0.2) is 16.4 Å². The maximum Gasteiger partial charge on any atom is 0.257 e. The molecule has 0 aromatic heterocycles. The second-order valence-corrected chi connectivity index (χ2v) is 9.98. The highest BCUT2D eigenvalue weighted by Crippen LogP contribution is 2.31. The van der Waals surface area contributed by atoms with Crippen molar-refractivity contribution in [1.29, 1.82) is 5.26 Å². The summed E-state index contributed by atoms with van der Waals surface area (Å²) in [6.45, 7) is 0.0380. The Kier molecular flexibility index (Phi) is 7.08. The molecule has 3 rings (SSSR count). The van der Waals surface area contributed by atoms with Gasteiger partial charge in [0.1, 0.15) is 17.2 Å². The molecule has 0 saturated carbocycles. The molecule has 10 heteroatoms. The van der Waals surface area contributed by atoms with Crippen LogP contribution in [0.25, 0.3) is 0 Å². The molecule has 1 saturated heterocycles. The predicted octanol–water partition coefficient (Wildman–Crippen LogP) is 3.59. The summed E-state index contributed by atoms with van der Waals surface area (Å²) in [4.78, 5) is 12.0. The van der Waals surface area contributed by atoms with Crippen LogP contribution in [0.1, 0.15) is 12.0 Å². The van der Waals surface area contributed by atoms with E-state index in [4.69, 9.17) is 37.9 Å². The molecule has 2 aromatic carbocycles. The fourth-order valence-electron chi connectivity index (χ4n) is 2.99. The molecular formula is C20H18Cl2N2O5S. The van der Waals surface area contributed by atoms with E-state index < -0.39 is 9.84 Å². The van der Waals surface area contributed by atoms with Gasteiger partial charge in [-0.1, -0.05) is 23.2 Å². The van der Waals surface area contributed by atoms with Crippen molar-refractivity contribution in [2.24, 2.45) is 5.92 Å². The molecule has 1 unspecified atom stereocenters. The Morgan fingerprint density at radius 1 is 1.10 bits per heavy atom. The van der Waals surface area contributed by atoms with E-state index in [9.17, 15) is 13.2 Å². The highest BCUT2D eigenvalue weighted by molar-refractivity contribution is 7.91. The SMILES string of the molecule is N#Cc1cc(Cl)cc(Oc2cc(Cl)cc(OCC(=O)NCC3CCS(=O)(=O)C3)c2)c1. The second-order valence-electron chi connectivity index (χ2n) is 6.87. The summed E-state index contributed by atoms with van der Waals surface area (Å²) in [6, 6.07) is 11.2. The molecule has 0 spiro atoms. The van der Waals surface area contributed by atoms with E-state index in [0.29, 0.717) is 45.8 Å². The predicted molar refractivity (Wildman–Crippen MR) is 113 cm³/mol. The van der Waals surface area contributed by atoms with Crippen molar-refractivity contribution < 1.29 is 22.7 Å². The van der Waals surface area contributed by atoms with Gasteiger partial charge in [-0.15, -0.1) is 0 Å². The molecule has 0 radical (unpaired) electrons. The monoisotopic (exact) mass is 468 g/mol. The molecule has 30 heavy (non-hydrogen) atoms. The van der Waals surface area contributed by atoms with E-state index in [1.54, 1.807) is 18.2 Å². The average molecular weight is 469 g/mol. The first kappa shape index (κ1) is 22.2. The first-order valence-corrected chi connectivity index (χ1v) is 11.6. The Morgan fingerprint density at radius 2 is 1.77 bits per heavy atom. The van der Waals surface area contributed by atoms with Crippen LogP contribution in [0.15, 0.2) is 36.4 Å². The number of benzene rings is 2. The lowest BCUT2D eigenvalue weighted by Crippen LogP contribution is -2.33. The number of ether oxygens (including phenoxy) is 2. The fourth-order valence-corrected chi connectivity index (χ4v) is 5.29. The lowest BCUT2D eigenvalue weighted by atomic mass is 10.1. The fraction of sp³-hybridized carbons (Fsp3) is 0.300. The number of nitrogens with one attached hydrogen (secondary N) is 1. The van der Waals surface area contributed by atoms with Gasteiger partial charge in [-0.05, 0) is 42.7 Å². The van der Waals surface area contributed by atoms with Gasteiger partial charge in [0.25, 0.3) is 5.91 Å². The third-order valence-electron chi connectivity index (χ3n) is 4.37. The van der Waals surface area contributed by atoms with Gasteiger partial charge < -0.3 is 14.8 Å². The molecule has 2 aromatic rings. The number of hydrogen-bond acceptors (Lipinski definition) is 6. The minimum absolute atomic E-state index is 0.0684. The minimum atomic E-state index is -2.98. The van der Waals surface area contributed by atoms with Crippen molar-refractivity contribution in [3.63, 3.8) is 0 Å². The minimum Gasteiger partial charge on any atom is -0.484 e. The molecule has 1 aliphatic heterocycles. The number of sulfone groups is 1. The summed E-state index contributed by atoms with van der Waals surface area (Å²) in [5, 5.41) is 12.4. The van der Waals surface area contributed by atoms with E-state index in [0.717, 1.165) is 0 Å². The van der Waals surface area contributed by atoms with Gasteiger partial charge in [0, 0.05) is 22.7 Å². The Morgan fingerprint density at radius 3 is 2.43 bits per heavy atom. The van der Waals surface area contributed by atoms with E-state index in [-0.39, 0.29) is 29.9 Å². The van der Waals surface area contributed by atoms with Gasteiger partial charge in [-0.25, -0.2) is 8.42 Å². The molecule has 0 bridgehead atoms. The molecule has 0 aliphatic carbocycles. The lowest BCUT2D eigenvalue weighted by molar-refractivity contribution is -0.123. The third-order valence-corrected chi connectivity index (χ3v) is 6.64. The van der Waals surface area contributed by atoms with Crippen molar-refractivity contribution in [3.05, 3.63) is 52.0 Å². The number of halogens is 2. The van der Waals surface area contributed by atoms with Gasteiger partial charge in [-0.3, -0.25) is 4.79 Å². The number of nitrogens with zero attached hydrogens (tertiary/aromatic N) is 1. The maximum absolute atomic E-state index is 12.0. The first-order chi connectivity index (χ1) is 14.2. The summed E-state index contributed by atoms with van der Waals surface area (Å²) in [5.74, 6) is 0.851. The summed E-state index contributed by atoms with van der Waals surface area (Å²) in [5.41, 5.74) is 0.350. The second kappa shape index (κ2) is 9.56. The molecule has 1 fully saturated rings. The molecule has 1 N–H and O–H groups in total. The quantitative estimate of drug-likeness (QED) is 0.665. The third kappa shape index (κ3) is 6.52. The van der Waals surface area contributed by atoms with Gasteiger partial charge in [0.2, 0.25) is 0 Å². The van der Waals surface area contributed by atoms with Crippen LogP contribution in [0.5, 0.6) is 17.2 Å². The number of amides is 1. The van der Waals surface area contributed by atoms with Crippen LogP contribution in [-0.2, 0) is 14.6 Å². The first-order valence-electron chi connectivity index (χ1n) is 9.01. The van der Waals surface area contributed by atoms with Crippen molar-refractivity contribution >= 4 is 38.9 Å². The van der Waals surface area contributed by atoms with E-state index >= 15 is 0 Å². The van der Waals surface area contributed by atoms with E-state index in [1.165, 1.54) is 18.2 Å². The van der Waals surface area contributed by atoms with E-state index in [2.05, 4.69) is 5.32 Å². The maximum atomic E-state index is 12.0. The lowest BCUT2D eigenvalue weighted by Gasteiger charge is -2.12. The smallest absolute Gasteiger partial charge is 0.257 e. The van der Waals surface area contributed by atoms with Gasteiger partial charge in [-0.2, -0.15) is 5.26 Å². The highest BCUT2D eigenvalue weighted by atomic mass is 35.5. The summed E-state index contributed by atoms with van der Waals surface area (Å²) >= 11 is 12.1. The Labute approximate surface area is 184 Å². The van der Waals surface area contributed by atoms with Crippen LogP contribution in [0.3, 0.4) is 0 Å². The zero-order valence-corrected chi connectivity index (χ0v) is 18.1. The van der Waals surface area contributed by atoms with Crippen LogP contribution < -0.4 is 14.8 Å². The van der Waals surface area contributed by atoms with Crippen LogP contribution in [0.2, 0.25) is 10.0 Å². The Hall–Kier alpha value is -2.47. The number of hydrogen-bond donors (Lipinski definition) is 1. The largest absolute Gasteiger partial charge is 0.484 e. The van der Waals surface area contributed by atoms with Crippen LogP contribution in [0.4, 0.5) is 0 Å². The van der Waals surface area contributed by atoms with E-state index in [1.807, 2.05) is 6.07 Å². The standard InChI is InChI=1S/C20H18Cl2N2O5S/c21-15-3-14(9-23)4-18(6-15)29-19-7-16(22)5-17(8-19)28-11-20(25)24-10-13-1-2-30(26,27)12-13/h3-8,13H,1-2,10-12H2,(H,24,25). The molecule has 1 heterocycles. The number of nitriles is 1. The molecule has 158 valence electrons. The Balaban J connectivity index is 1.57. The average Bonchev–Trinajstić information content (AvgIpc) is 3.02. The Bertz CT molecular complexity index is 1100. The number of carbonyl (C=O) groups excluding carboxylic acids is 1. The number of carbonyl (C=O) groups is 1. The number of rotatable bonds is 7. The summed E-state index contributed by atoms with van der Waals surface area (Å²) in [6.07, 6.45) is 0.551. The zero-order chi connectivity index (χ0) is 21.7. The van der Waals surface area contributed by atoms with Crippen LogP contribution in [0, 0.1) is 17.2 Å². The van der Waals surface area contributed by atoms with Gasteiger partial charge in [0.05, 0.1) is 23.1 Å². The van der Waals surface area contributed by atoms with Gasteiger partial charge >= 0.3 is 0 Å². The van der Waals surface area contributed by atoms with Crippen molar-refractivity contribution in [2.45, 2.75) is 6.42 Å². The molecule has 1 atom stereocenters. The zero-order valence-electron chi connectivity index (χ0n) is 15.7. The normalized spacial score (nSPS) is 17.2. The van der Waals surface area contributed by atoms with Crippen molar-refractivity contribution in [3.8, 4) is 23.3 Å². The highest BCUT2D eigenvalue weighted by Gasteiger charge is 2.27. The van der Waals surface area contributed by atoms with Crippen molar-refractivity contribution in [1.82, 2.24) is 5.32 Å². The van der Waals surface area contributed by atoms with Crippen molar-refractivity contribution in [2.75, 3.05) is 24.7 Å². The summed E-state index contributed by atoms with van der Waals surface area (Å²) < 4.78 is 34.1. The van der Waals surface area contributed by atoms with Crippen LogP contribution in [-0.4, -0.2) is 39.0 Å². The topological polar surface area (TPSA) is 105 Å². The molecule has 7 nitrogen and oxygen atoms in total. The molecule has 1 aliphatic rings. The molecular weight excluding hydrogens is 451 g/mol. The van der Waals surface area contributed by atoms with Crippen LogP contribution >= 0.6 is 23.2 Å². The molecule has 1 amide bonds.